The van der Waals surface area contributed by atoms with Crippen LogP contribution in [0.15, 0.2) is 0 Å². The van der Waals surface area contributed by atoms with Gasteiger partial charge >= 0.3 is 12.0 Å². The normalized spacial score (nSPS) is 45.7. The smallest absolute Gasteiger partial charge is 0.322 e. The molecular formula is C16H25N3O3. The number of urea groups is 1. The summed E-state index contributed by atoms with van der Waals surface area (Å²) in [5.74, 6) is 1.46. The molecule has 1 unspecified atom stereocenters. The van der Waals surface area contributed by atoms with Crippen LogP contribution in [0, 0.1) is 17.8 Å². The van der Waals surface area contributed by atoms with Gasteiger partial charge in [-0.15, -0.1) is 0 Å². The van der Waals surface area contributed by atoms with Crippen molar-refractivity contribution in [2.24, 2.45) is 17.8 Å². The van der Waals surface area contributed by atoms with Crippen molar-refractivity contribution in [3.05, 3.63) is 0 Å². The molecule has 0 aromatic heterocycles. The highest BCUT2D eigenvalue weighted by molar-refractivity contribution is 5.79. The third kappa shape index (κ3) is 2.47. The zero-order valence-electron chi connectivity index (χ0n) is 12.8. The van der Waals surface area contributed by atoms with E-state index >= 15 is 0 Å². The molecule has 1 aliphatic heterocycles. The van der Waals surface area contributed by atoms with Crippen molar-refractivity contribution >= 4 is 12.0 Å². The maximum atomic E-state index is 12.4. The summed E-state index contributed by atoms with van der Waals surface area (Å²) in [6.45, 7) is 0.638. The van der Waals surface area contributed by atoms with Crippen molar-refractivity contribution in [3.63, 3.8) is 0 Å². The van der Waals surface area contributed by atoms with Gasteiger partial charge in [-0.3, -0.25) is 4.79 Å². The molecule has 4 bridgehead atoms. The van der Waals surface area contributed by atoms with Crippen molar-refractivity contribution in [2.75, 3.05) is 6.54 Å². The van der Waals surface area contributed by atoms with E-state index in [0.29, 0.717) is 13.0 Å². The molecule has 4 saturated carbocycles. The van der Waals surface area contributed by atoms with Crippen LogP contribution in [0.1, 0.15) is 44.9 Å². The molecule has 6 nitrogen and oxygen atoms in total. The molecular weight excluding hydrogens is 282 g/mol. The summed E-state index contributed by atoms with van der Waals surface area (Å²) >= 11 is 0. The van der Waals surface area contributed by atoms with Crippen LogP contribution >= 0.6 is 0 Å². The molecule has 5 fully saturated rings. The first-order valence-corrected chi connectivity index (χ1v) is 8.58. The number of aliphatic carboxylic acids is 1. The van der Waals surface area contributed by atoms with Gasteiger partial charge in [0.2, 0.25) is 0 Å². The van der Waals surface area contributed by atoms with Crippen LogP contribution in [0.4, 0.5) is 4.79 Å². The summed E-state index contributed by atoms with van der Waals surface area (Å²) in [5.41, 5.74) is -0.0242. The molecule has 122 valence electrons. The Morgan fingerprint density at radius 1 is 1.05 bits per heavy atom. The van der Waals surface area contributed by atoms with Gasteiger partial charge in [0.15, 0.2) is 0 Å². The second-order valence-electron chi connectivity index (χ2n) is 7.96. The lowest BCUT2D eigenvalue weighted by molar-refractivity contribution is -0.139. The molecule has 4 N–H and O–H groups in total. The minimum Gasteiger partial charge on any atom is -0.480 e. The summed E-state index contributed by atoms with van der Waals surface area (Å²) in [6.07, 6.45) is 8.03. The summed E-state index contributed by atoms with van der Waals surface area (Å²) in [5, 5.41) is 18.2. The lowest BCUT2D eigenvalue weighted by atomic mass is 9.53. The van der Waals surface area contributed by atoms with Crippen molar-refractivity contribution in [1.82, 2.24) is 16.0 Å². The number of carbonyl (C=O) groups is 2. The highest BCUT2D eigenvalue weighted by Crippen LogP contribution is 2.55. The van der Waals surface area contributed by atoms with E-state index in [4.69, 9.17) is 5.11 Å². The second kappa shape index (κ2) is 5.11. The van der Waals surface area contributed by atoms with E-state index in [-0.39, 0.29) is 17.6 Å². The van der Waals surface area contributed by atoms with E-state index in [1.165, 1.54) is 19.3 Å². The number of carboxylic acid groups (broad SMARTS) is 1. The average Bonchev–Trinajstić information content (AvgIpc) is 2.84. The van der Waals surface area contributed by atoms with E-state index < -0.39 is 12.0 Å². The molecule has 5 rings (SSSR count). The van der Waals surface area contributed by atoms with Gasteiger partial charge in [-0.05, 0) is 69.2 Å². The predicted octanol–water partition coefficient (Wildman–Crippen LogP) is 1.07. The number of carboxylic acids is 1. The van der Waals surface area contributed by atoms with Crippen molar-refractivity contribution < 1.29 is 14.7 Å². The van der Waals surface area contributed by atoms with Crippen molar-refractivity contribution in [1.29, 1.82) is 0 Å². The van der Waals surface area contributed by atoms with Gasteiger partial charge in [0.05, 0.1) is 6.04 Å². The van der Waals surface area contributed by atoms with Gasteiger partial charge in [-0.2, -0.15) is 0 Å². The molecule has 0 aromatic rings. The molecule has 1 saturated heterocycles. The quantitative estimate of drug-likeness (QED) is 0.628. The first kappa shape index (κ1) is 14.3. The van der Waals surface area contributed by atoms with Crippen LogP contribution in [0.2, 0.25) is 0 Å². The van der Waals surface area contributed by atoms with Crippen LogP contribution in [0.3, 0.4) is 0 Å². The second-order valence-corrected chi connectivity index (χ2v) is 7.96. The Balaban J connectivity index is 1.39. The Morgan fingerprint density at radius 3 is 2.18 bits per heavy atom. The molecule has 2 atom stereocenters. The SMILES string of the molecule is O=C(NC1CCN[C@@H]1C(=O)O)NC12CC3CC(CC(C3)C1)C2. The lowest BCUT2D eigenvalue weighted by Gasteiger charge is -2.56. The Bertz CT molecular complexity index is 458. The van der Waals surface area contributed by atoms with Crippen LogP contribution in [0.25, 0.3) is 0 Å². The summed E-state index contributed by atoms with van der Waals surface area (Å²) in [4.78, 5) is 23.6. The fourth-order valence-electron chi connectivity index (χ4n) is 5.83. The minimum atomic E-state index is -0.891. The molecule has 0 spiro atoms. The van der Waals surface area contributed by atoms with Gasteiger partial charge < -0.3 is 21.1 Å². The molecule has 6 heteroatoms. The third-order valence-corrected chi connectivity index (χ3v) is 6.22. The van der Waals surface area contributed by atoms with Gasteiger partial charge in [-0.25, -0.2) is 4.79 Å². The monoisotopic (exact) mass is 307 g/mol. The topological polar surface area (TPSA) is 90.5 Å². The summed E-state index contributed by atoms with van der Waals surface area (Å²) < 4.78 is 0. The van der Waals surface area contributed by atoms with Gasteiger partial charge in [0.1, 0.15) is 6.04 Å². The van der Waals surface area contributed by atoms with E-state index in [1.54, 1.807) is 0 Å². The highest BCUT2D eigenvalue weighted by atomic mass is 16.4. The fourth-order valence-corrected chi connectivity index (χ4v) is 5.83. The standard InChI is InChI=1S/C16H25N3O3/c20-14(21)13-12(1-2-17-13)18-15(22)19-16-6-9-3-10(7-16)5-11(4-9)8-16/h9-13,17H,1-8H2,(H,20,21)(H2,18,19,22)/t9?,10?,11?,12?,13-,16?/m0/s1. The van der Waals surface area contributed by atoms with Crippen molar-refractivity contribution in [2.45, 2.75) is 62.6 Å². The van der Waals surface area contributed by atoms with Crippen LogP contribution in [-0.4, -0.2) is 41.3 Å². The maximum absolute atomic E-state index is 12.4. The minimum absolute atomic E-state index is 0.0242. The molecule has 5 aliphatic rings. The van der Waals surface area contributed by atoms with Crippen LogP contribution < -0.4 is 16.0 Å². The summed E-state index contributed by atoms with van der Waals surface area (Å²) in [7, 11) is 0. The number of hydrogen-bond acceptors (Lipinski definition) is 3. The molecule has 1 heterocycles. The number of carbonyl (C=O) groups excluding carboxylic acids is 1. The van der Waals surface area contributed by atoms with E-state index in [1.807, 2.05) is 0 Å². The molecule has 22 heavy (non-hydrogen) atoms. The van der Waals surface area contributed by atoms with E-state index in [2.05, 4.69) is 16.0 Å². The number of rotatable bonds is 3. The molecule has 4 aliphatic carbocycles. The first-order valence-electron chi connectivity index (χ1n) is 8.58. The first-order chi connectivity index (χ1) is 10.5. The Hall–Kier alpha value is -1.30. The van der Waals surface area contributed by atoms with Crippen LogP contribution in [-0.2, 0) is 4.79 Å². The predicted molar refractivity (Wildman–Crippen MR) is 80.4 cm³/mol. The van der Waals surface area contributed by atoms with Gasteiger partial charge in [0, 0.05) is 5.54 Å². The maximum Gasteiger partial charge on any atom is 0.322 e. The largest absolute Gasteiger partial charge is 0.480 e. The fraction of sp³-hybridized carbons (Fsp3) is 0.875. The highest BCUT2D eigenvalue weighted by Gasteiger charge is 2.51. The Labute approximate surface area is 130 Å². The zero-order chi connectivity index (χ0) is 15.3. The Morgan fingerprint density at radius 2 is 1.64 bits per heavy atom. The average molecular weight is 307 g/mol. The number of amides is 2. The van der Waals surface area contributed by atoms with E-state index in [0.717, 1.165) is 37.0 Å². The molecule has 2 amide bonds. The zero-order valence-corrected chi connectivity index (χ0v) is 12.8. The lowest BCUT2D eigenvalue weighted by Crippen LogP contribution is -2.63. The molecule has 0 radical (unpaired) electrons. The Kier molecular flexibility index (Phi) is 3.33. The van der Waals surface area contributed by atoms with Gasteiger partial charge in [-0.1, -0.05) is 0 Å². The van der Waals surface area contributed by atoms with E-state index in [9.17, 15) is 9.59 Å². The van der Waals surface area contributed by atoms with Gasteiger partial charge in [0.25, 0.3) is 0 Å². The summed E-state index contributed by atoms with van der Waals surface area (Å²) in [6, 6.07) is -1.16. The van der Waals surface area contributed by atoms with Crippen molar-refractivity contribution in [3.8, 4) is 0 Å². The molecule has 0 aromatic carbocycles. The van der Waals surface area contributed by atoms with Crippen LogP contribution in [0.5, 0.6) is 0 Å². The number of nitrogens with one attached hydrogen (secondary N) is 3. The number of hydrogen-bond donors (Lipinski definition) is 4. The third-order valence-electron chi connectivity index (χ3n) is 6.22.